The number of anilines is 1. The van der Waals surface area contributed by atoms with E-state index < -0.39 is 11.7 Å². The molecule has 1 aromatic carbocycles. The van der Waals surface area contributed by atoms with Crippen LogP contribution in [0.4, 0.5) is 18.9 Å². The molecule has 0 bridgehead atoms. The van der Waals surface area contributed by atoms with Crippen LogP contribution in [0.5, 0.6) is 0 Å². The Kier molecular flexibility index (Phi) is 4.10. The Morgan fingerprint density at radius 3 is 2.72 bits per heavy atom. The topological polar surface area (TPSA) is 12.0 Å². The minimum atomic E-state index is -4.27. The second kappa shape index (κ2) is 5.43. The van der Waals surface area contributed by atoms with Crippen molar-refractivity contribution < 1.29 is 13.2 Å². The molecule has 100 valence electrons. The average molecular weight is 275 g/mol. The highest BCUT2D eigenvalue weighted by Crippen LogP contribution is 2.32. The molecule has 1 aliphatic rings. The number of benzene rings is 1. The lowest BCUT2D eigenvalue weighted by Gasteiger charge is -2.25. The molecule has 1 saturated heterocycles. The van der Waals surface area contributed by atoms with Gasteiger partial charge in [-0.3, -0.25) is 0 Å². The molecule has 1 aliphatic heterocycles. The van der Waals surface area contributed by atoms with Crippen molar-refractivity contribution in [3.05, 3.63) is 29.3 Å². The summed E-state index contributed by atoms with van der Waals surface area (Å²) in [6.07, 6.45) is -2.12. The maximum Gasteiger partial charge on any atom is 0.416 e. The predicted octanol–water partition coefficient (Wildman–Crippen LogP) is 4.32. The summed E-state index contributed by atoms with van der Waals surface area (Å²) in [7, 11) is 0. The van der Waals surface area contributed by atoms with Gasteiger partial charge < -0.3 is 5.32 Å². The molecular formula is C13H16F3NS. The minimum absolute atomic E-state index is 0.283. The van der Waals surface area contributed by atoms with Crippen molar-refractivity contribution in [2.45, 2.75) is 32.0 Å². The average Bonchev–Trinajstić information content (AvgIpc) is 2.32. The first-order valence-electron chi connectivity index (χ1n) is 5.99. The highest BCUT2D eigenvalue weighted by atomic mass is 32.2. The molecule has 1 unspecified atom stereocenters. The van der Waals surface area contributed by atoms with Crippen LogP contribution in [0.2, 0.25) is 0 Å². The third-order valence-corrected chi connectivity index (χ3v) is 4.30. The Morgan fingerprint density at radius 2 is 2.11 bits per heavy atom. The van der Waals surface area contributed by atoms with Gasteiger partial charge in [0.15, 0.2) is 0 Å². The largest absolute Gasteiger partial charge is 0.416 e. The van der Waals surface area contributed by atoms with E-state index in [-0.39, 0.29) is 6.04 Å². The maximum absolute atomic E-state index is 12.6. The first kappa shape index (κ1) is 13.6. The zero-order valence-electron chi connectivity index (χ0n) is 10.2. The third-order valence-electron chi connectivity index (χ3n) is 3.08. The van der Waals surface area contributed by atoms with Gasteiger partial charge in [-0.05, 0) is 43.2 Å². The van der Waals surface area contributed by atoms with Crippen LogP contribution in [0.3, 0.4) is 0 Å². The third kappa shape index (κ3) is 3.34. The van der Waals surface area contributed by atoms with Gasteiger partial charge in [0.2, 0.25) is 0 Å². The molecule has 0 radical (unpaired) electrons. The first-order chi connectivity index (χ1) is 8.47. The Labute approximate surface area is 109 Å². The van der Waals surface area contributed by atoms with E-state index in [9.17, 15) is 13.2 Å². The summed E-state index contributed by atoms with van der Waals surface area (Å²) < 4.78 is 37.9. The van der Waals surface area contributed by atoms with Gasteiger partial charge in [-0.15, -0.1) is 0 Å². The zero-order valence-corrected chi connectivity index (χ0v) is 11.0. The van der Waals surface area contributed by atoms with E-state index in [1.54, 1.807) is 0 Å². The highest BCUT2D eigenvalue weighted by molar-refractivity contribution is 7.99. The minimum Gasteiger partial charge on any atom is -0.381 e. The second-order valence-corrected chi connectivity index (χ2v) is 5.74. The van der Waals surface area contributed by atoms with E-state index in [4.69, 9.17) is 0 Å². The summed E-state index contributed by atoms with van der Waals surface area (Å²) in [5.74, 6) is 2.12. The van der Waals surface area contributed by atoms with Crippen molar-refractivity contribution in [1.82, 2.24) is 0 Å². The van der Waals surface area contributed by atoms with Gasteiger partial charge in [-0.2, -0.15) is 24.9 Å². The molecular weight excluding hydrogens is 259 g/mol. The zero-order chi connectivity index (χ0) is 13.2. The molecule has 1 fully saturated rings. The summed E-state index contributed by atoms with van der Waals surface area (Å²) in [6.45, 7) is 1.83. The molecule has 1 atom stereocenters. The number of halogens is 3. The molecule has 1 nitrogen and oxygen atoms in total. The molecule has 5 heteroatoms. The lowest BCUT2D eigenvalue weighted by atomic mass is 10.1. The van der Waals surface area contributed by atoms with Crippen LogP contribution >= 0.6 is 11.8 Å². The molecule has 18 heavy (non-hydrogen) atoms. The molecule has 0 aliphatic carbocycles. The molecule has 1 N–H and O–H groups in total. The molecule has 2 rings (SSSR count). The Balaban J connectivity index is 2.15. The predicted molar refractivity (Wildman–Crippen MR) is 70.2 cm³/mol. The number of aryl methyl sites for hydroxylation is 1. The van der Waals surface area contributed by atoms with E-state index in [0.29, 0.717) is 5.69 Å². The van der Waals surface area contributed by atoms with Crippen LogP contribution in [0.1, 0.15) is 24.0 Å². The fraction of sp³-hybridized carbons (Fsp3) is 0.538. The van der Waals surface area contributed by atoms with Gasteiger partial charge >= 0.3 is 6.18 Å². The van der Waals surface area contributed by atoms with Gasteiger partial charge in [0.25, 0.3) is 0 Å². The molecule has 0 amide bonds. The smallest absolute Gasteiger partial charge is 0.381 e. The Morgan fingerprint density at radius 1 is 1.33 bits per heavy atom. The second-order valence-electron chi connectivity index (χ2n) is 4.59. The molecule has 0 aromatic heterocycles. The summed E-state index contributed by atoms with van der Waals surface area (Å²) in [5.41, 5.74) is 0.884. The molecule has 0 saturated carbocycles. The standard InChI is InChI=1S/C13H16F3NS/c1-9-4-5-10(13(14,15)16)7-12(9)17-11-3-2-6-18-8-11/h4-5,7,11,17H,2-3,6,8H2,1H3. The van der Waals surface area contributed by atoms with E-state index in [1.165, 1.54) is 12.1 Å². The quantitative estimate of drug-likeness (QED) is 0.862. The number of hydrogen-bond donors (Lipinski definition) is 1. The normalized spacial score (nSPS) is 20.8. The van der Waals surface area contributed by atoms with Gasteiger partial charge in [-0.25, -0.2) is 0 Å². The van der Waals surface area contributed by atoms with Crippen molar-refractivity contribution in [2.24, 2.45) is 0 Å². The SMILES string of the molecule is Cc1ccc(C(F)(F)F)cc1NC1CCCSC1. The van der Waals surface area contributed by atoms with Gasteiger partial charge in [0.05, 0.1) is 5.56 Å². The van der Waals surface area contributed by atoms with E-state index in [2.05, 4.69) is 5.32 Å². The van der Waals surface area contributed by atoms with Crippen molar-refractivity contribution >= 4 is 17.4 Å². The van der Waals surface area contributed by atoms with Crippen molar-refractivity contribution in [3.8, 4) is 0 Å². The van der Waals surface area contributed by atoms with Crippen LogP contribution < -0.4 is 5.32 Å². The fourth-order valence-corrected chi connectivity index (χ4v) is 3.10. The number of thioether (sulfide) groups is 1. The number of alkyl halides is 3. The van der Waals surface area contributed by atoms with Crippen LogP contribution in [0.15, 0.2) is 18.2 Å². The van der Waals surface area contributed by atoms with Crippen LogP contribution in [-0.2, 0) is 6.18 Å². The van der Waals surface area contributed by atoms with E-state index in [1.807, 2.05) is 18.7 Å². The number of rotatable bonds is 2. The van der Waals surface area contributed by atoms with E-state index >= 15 is 0 Å². The van der Waals surface area contributed by atoms with Crippen molar-refractivity contribution in [3.63, 3.8) is 0 Å². The lowest BCUT2D eigenvalue weighted by molar-refractivity contribution is -0.137. The Hall–Kier alpha value is -0.840. The van der Waals surface area contributed by atoms with Crippen LogP contribution in [0, 0.1) is 6.92 Å². The monoisotopic (exact) mass is 275 g/mol. The van der Waals surface area contributed by atoms with Crippen LogP contribution in [-0.4, -0.2) is 17.5 Å². The maximum atomic E-state index is 12.6. The summed E-state index contributed by atoms with van der Waals surface area (Å²) in [6, 6.07) is 4.16. The van der Waals surface area contributed by atoms with Gasteiger partial charge in [0.1, 0.15) is 0 Å². The van der Waals surface area contributed by atoms with Gasteiger partial charge in [0, 0.05) is 17.5 Å². The highest BCUT2D eigenvalue weighted by Gasteiger charge is 2.31. The van der Waals surface area contributed by atoms with Crippen molar-refractivity contribution in [1.29, 1.82) is 0 Å². The number of hydrogen-bond acceptors (Lipinski definition) is 2. The lowest BCUT2D eigenvalue weighted by Crippen LogP contribution is -2.26. The Bertz CT molecular complexity index is 411. The summed E-state index contributed by atoms with van der Waals surface area (Å²) >= 11 is 1.85. The fourth-order valence-electron chi connectivity index (χ4n) is 2.03. The summed E-state index contributed by atoms with van der Waals surface area (Å²) in [4.78, 5) is 0. The molecule has 0 spiro atoms. The first-order valence-corrected chi connectivity index (χ1v) is 7.14. The summed E-state index contributed by atoms with van der Waals surface area (Å²) in [5, 5.41) is 3.24. The van der Waals surface area contributed by atoms with Gasteiger partial charge in [-0.1, -0.05) is 6.07 Å². The van der Waals surface area contributed by atoms with Crippen molar-refractivity contribution in [2.75, 3.05) is 16.8 Å². The van der Waals surface area contributed by atoms with Crippen LogP contribution in [0.25, 0.3) is 0 Å². The molecule has 1 aromatic rings. The van der Waals surface area contributed by atoms with E-state index in [0.717, 1.165) is 36.0 Å². The number of nitrogens with one attached hydrogen (secondary N) is 1. The molecule has 1 heterocycles.